The largest absolute Gasteiger partial charge is 0.352 e. The molecule has 0 saturated heterocycles. The monoisotopic (exact) mass is 426 g/mol. The minimum absolute atomic E-state index is 0.200. The van der Waals surface area contributed by atoms with Crippen LogP contribution in [0.1, 0.15) is 16.8 Å². The summed E-state index contributed by atoms with van der Waals surface area (Å²) in [7, 11) is 1.92. The van der Waals surface area contributed by atoms with Crippen LogP contribution in [-0.4, -0.2) is 24.7 Å². The lowest BCUT2D eigenvalue weighted by Crippen LogP contribution is -2.04. The van der Waals surface area contributed by atoms with Crippen molar-refractivity contribution in [2.45, 2.75) is 20.4 Å². The third kappa shape index (κ3) is 3.62. The number of aryl methyl sites for hydroxylation is 3. The van der Waals surface area contributed by atoms with Gasteiger partial charge in [0, 0.05) is 35.8 Å². The third-order valence-corrected chi connectivity index (χ3v) is 5.59. The van der Waals surface area contributed by atoms with Crippen molar-refractivity contribution < 1.29 is 4.39 Å². The van der Waals surface area contributed by atoms with Gasteiger partial charge >= 0.3 is 0 Å². The lowest BCUT2D eigenvalue weighted by Gasteiger charge is -2.06. The first-order valence-corrected chi connectivity index (χ1v) is 10.4. The van der Waals surface area contributed by atoms with Crippen molar-refractivity contribution in [3.63, 3.8) is 0 Å². The van der Waals surface area contributed by atoms with Crippen LogP contribution in [0.5, 0.6) is 0 Å². The van der Waals surface area contributed by atoms with Gasteiger partial charge in [-0.3, -0.25) is 9.67 Å². The van der Waals surface area contributed by atoms with Gasteiger partial charge in [0.2, 0.25) is 5.95 Å². The van der Waals surface area contributed by atoms with Crippen molar-refractivity contribution in [2.75, 3.05) is 5.32 Å². The fourth-order valence-electron chi connectivity index (χ4n) is 3.87. The van der Waals surface area contributed by atoms with E-state index >= 15 is 0 Å². The number of hydrogen-bond donors (Lipinski definition) is 2. The highest BCUT2D eigenvalue weighted by atomic mass is 19.1. The fraction of sp³-hybridized carbons (Fsp3) is 0.160. The summed E-state index contributed by atoms with van der Waals surface area (Å²) in [6.45, 7) is 4.05. The van der Waals surface area contributed by atoms with Crippen LogP contribution in [0.2, 0.25) is 0 Å². The highest BCUT2D eigenvalue weighted by molar-refractivity contribution is 5.87. The SMILES string of the molecule is Cc1cccc(-c2[nH]c(NCc3cccc(C)c3F)nc2-c2ccc3c(cnn3C)c2)n1. The van der Waals surface area contributed by atoms with Gasteiger partial charge < -0.3 is 10.3 Å². The second-order valence-corrected chi connectivity index (χ2v) is 7.92. The Kier molecular flexibility index (Phi) is 4.93. The second-order valence-electron chi connectivity index (χ2n) is 7.92. The van der Waals surface area contributed by atoms with E-state index in [1.54, 1.807) is 19.1 Å². The number of aromatic amines is 1. The maximum atomic E-state index is 14.4. The zero-order chi connectivity index (χ0) is 22.2. The first-order valence-electron chi connectivity index (χ1n) is 10.4. The second kappa shape index (κ2) is 7.92. The molecule has 0 radical (unpaired) electrons. The summed E-state index contributed by atoms with van der Waals surface area (Å²) in [6.07, 6.45) is 1.84. The minimum Gasteiger partial charge on any atom is -0.352 e. The molecule has 0 fully saturated rings. The van der Waals surface area contributed by atoms with Gasteiger partial charge in [-0.15, -0.1) is 0 Å². The Morgan fingerprint density at radius 3 is 2.72 bits per heavy atom. The van der Waals surface area contributed by atoms with E-state index in [4.69, 9.17) is 4.98 Å². The van der Waals surface area contributed by atoms with Crippen molar-refractivity contribution in [1.29, 1.82) is 0 Å². The number of rotatable bonds is 5. The van der Waals surface area contributed by atoms with Gasteiger partial charge in [-0.1, -0.05) is 30.3 Å². The van der Waals surface area contributed by atoms with Crippen molar-refractivity contribution in [3.05, 3.63) is 83.4 Å². The molecule has 0 aliphatic rings. The molecule has 7 heteroatoms. The summed E-state index contributed by atoms with van der Waals surface area (Å²) >= 11 is 0. The number of fused-ring (bicyclic) bond motifs is 1. The third-order valence-electron chi connectivity index (χ3n) is 5.59. The average molecular weight is 426 g/mol. The molecule has 5 rings (SSSR count). The molecule has 0 saturated carbocycles. The van der Waals surface area contributed by atoms with Crippen LogP contribution in [0.4, 0.5) is 10.3 Å². The number of hydrogen-bond acceptors (Lipinski definition) is 4. The van der Waals surface area contributed by atoms with E-state index in [-0.39, 0.29) is 5.82 Å². The van der Waals surface area contributed by atoms with Crippen molar-refractivity contribution in [3.8, 4) is 22.6 Å². The van der Waals surface area contributed by atoms with Crippen molar-refractivity contribution in [1.82, 2.24) is 24.7 Å². The Morgan fingerprint density at radius 1 is 1.03 bits per heavy atom. The van der Waals surface area contributed by atoms with Crippen LogP contribution in [0.3, 0.4) is 0 Å². The Labute approximate surface area is 185 Å². The summed E-state index contributed by atoms with van der Waals surface area (Å²) in [5, 5.41) is 8.60. The molecule has 0 aliphatic heterocycles. The molecule has 5 aromatic rings. The number of nitrogens with one attached hydrogen (secondary N) is 2. The fourth-order valence-corrected chi connectivity index (χ4v) is 3.87. The lowest BCUT2D eigenvalue weighted by atomic mass is 10.1. The van der Waals surface area contributed by atoms with Gasteiger partial charge in [0.05, 0.1) is 28.8 Å². The highest BCUT2D eigenvalue weighted by Crippen LogP contribution is 2.32. The van der Waals surface area contributed by atoms with Crippen molar-refractivity contribution in [2.24, 2.45) is 7.05 Å². The molecule has 2 aromatic carbocycles. The first-order chi connectivity index (χ1) is 15.5. The van der Waals surface area contributed by atoms with E-state index < -0.39 is 0 Å². The molecule has 0 unspecified atom stereocenters. The molecule has 32 heavy (non-hydrogen) atoms. The predicted octanol–water partition coefficient (Wildman–Crippen LogP) is 5.39. The number of H-pyrrole nitrogens is 1. The summed E-state index contributed by atoms with van der Waals surface area (Å²) < 4.78 is 16.3. The molecule has 0 bridgehead atoms. The van der Waals surface area contributed by atoms with Crippen LogP contribution in [0, 0.1) is 19.7 Å². The number of pyridine rings is 1. The molecule has 6 nitrogen and oxygen atoms in total. The summed E-state index contributed by atoms with van der Waals surface area (Å²) in [4.78, 5) is 12.8. The van der Waals surface area contributed by atoms with E-state index in [9.17, 15) is 4.39 Å². The quantitative estimate of drug-likeness (QED) is 0.395. The Balaban J connectivity index is 1.56. The number of nitrogens with zero attached hydrogens (tertiary/aromatic N) is 4. The summed E-state index contributed by atoms with van der Waals surface area (Å²) in [6, 6.07) is 17.4. The molecule has 0 spiro atoms. The molecular weight excluding hydrogens is 403 g/mol. The standard InChI is InChI=1S/C25H23FN6/c1-15-6-4-8-18(22(15)26)13-27-25-30-23(24(31-25)20-9-5-7-16(2)29-20)17-10-11-21-19(12-17)14-28-32(21)3/h4-12,14H,13H2,1-3H3,(H2,27,30,31). The molecule has 3 aromatic heterocycles. The summed E-state index contributed by atoms with van der Waals surface area (Å²) in [5.74, 6) is 0.361. The van der Waals surface area contributed by atoms with Gasteiger partial charge in [0.1, 0.15) is 5.82 Å². The van der Waals surface area contributed by atoms with Crippen LogP contribution in [0.25, 0.3) is 33.5 Å². The predicted molar refractivity (Wildman–Crippen MR) is 125 cm³/mol. The van der Waals surface area contributed by atoms with Gasteiger partial charge in [-0.05, 0) is 43.7 Å². The van der Waals surface area contributed by atoms with E-state index in [1.165, 1.54) is 0 Å². The van der Waals surface area contributed by atoms with E-state index in [0.29, 0.717) is 23.6 Å². The maximum Gasteiger partial charge on any atom is 0.201 e. The number of imidazole rings is 1. The van der Waals surface area contributed by atoms with Gasteiger partial charge in [0.25, 0.3) is 0 Å². The Bertz CT molecular complexity index is 1430. The average Bonchev–Trinajstić information content (AvgIpc) is 3.38. The normalized spacial score (nSPS) is 11.2. The first kappa shape index (κ1) is 19.9. The van der Waals surface area contributed by atoms with E-state index in [2.05, 4.69) is 26.4 Å². The zero-order valence-electron chi connectivity index (χ0n) is 18.1. The Morgan fingerprint density at radius 2 is 1.88 bits per heavy atom. The van der Waals surface area contributed by atoms with E-state index in [0.717, 1.165) is 39.2 Å². The number of benzene rings is 2. The molecule has 160 valence electrons. The molecule has 0 amide bonds. The number of anilines is 1. The van der Waals surface area contributed by atoms with Gasteiger partial charge in [-0.25, -0.2) is 9.37 Å². The minimum atomic E-state index is -0.200. The Hall–Kier alpha value is -4.00. The highest BCUT2D eigenvalue weighted by Gasteiger charge is 2.17. The number of aromatic nitrogens is 5. The van der Waals surface area contributed by atoms with Crippen LogP contribution >= 0.6 is 0 Å². The molecule has 0 aliphatic carbocycles. The van der Waals surface area contributed by atoms with Gasteiger partial charge in [-0.2, -0.15) is 5.10 Å². The van der Waals surface area contributed by atoms with E-state index in [1.807, 2.05) is 61.2 Å². The smallest absolute Gasteiger partial charge is 0.201 e. The topological polar surface area (TPSA) is 71.4 Å². The number of halogens is 1. The molecule has 2 N–H and O–H groups in total. The maximum absolute atomic E-state index is 14.4. The molecule has 0 atom stereocenters. The lowest BCUT2D eigenvalue weighted by molar-refractivity contribution is 0.603. The van der Waals surface area contributed by atoms with Crippen LogP contribution in [-0.2, 0) is 13.6 Å². The van der Waals surface area contributed by atoms with Crippen LogP contribution < -0.4 is 5.32 Å². The van der Waals surface area contributed by atoms with Crippen molar-refractivity contribution >= 4 is 16.9 Å². The van der Waals surface area contributed by atoms with Crippen LogP contribution in [0.15, 0.2) is 60.8 Å². The zero-order valence-corrected chi connectivity index (χ0v) is 18.1. The van der Waals surface area contributed by atoms with Gasteiger partial charge in [0.15, 0.2) is 0 Å². The summed E-state index contributed by atoms with van der Waals surface area (Å²) in [5.41, 5.74) is 6.53. The molecular formula is C25H23FN6. The molecule has 3 heterocycles.